The van der Waals surface area contributed by atoms with Crippen molar-refractivity contribution in [3.63, 3.8) is 0 Å². The number of amides is 1. The molecular formula is C9H12N6O. The van der Waals surface area contributed by atoms with Crippen LogP contribution in [0.5, 0.6) is 0 Å². The Bertz CT molecular complexity index is 500. The molecular weight excluding hydrogens is 208 g/mol. The van der Waals surface area contributed by atoms with E-state index in [0.717, 1.165) is 5.82 Å². The second kappa shape index (κ2) is 4.05. The summed E-state index contributed by atoms with van der Waals surface area (Å²) in [6.45, 7) is 0.354. The summed E-state index contributed by atoms with van der Waals surface area (Å²) in [5, 5.41) is 8.88. The molecule has 7 nitrogen and oxygen atoms in total. The van der Waals surface area contributed by atoms with Crippen LogP contribution in [0.25, 0.3) is 0 Å². The van der Waals surface area contributed by atoms with Crippen molar-refractivity contribution >= 4 is 11.7 Å². The maximum atomic E-state index is 11.6. The average Bonchev–Trinajstić information content (AvgIpc) is 2.84. The zero-order chi connectivity index (χ0) is 11.5. The summed E-state index contributed by atoms with van der Waals surface area (Å²) in [5.74, 6) is 0.766. The predicted octanol–water partition coefficient (Wildman–Crippen LogP) is -0.345. The van der Waals surface area contributed by atoms with Gasteiger partial charge >= 0.3 is 0 Å². The Morgan fingerprint density at radius 3 is 3.06 bits per heavy atom. The summed E-state index contributed by atoms with van der Waals surface area (Å²) < 4.78 is 1.83. The van der Waals surface area contributed by atoms with E-state index in [2.05, 4.69) is 20.5 Å². The highest BCUT2D eigenvalue weighted by molar-refractivity contribution is 5.97. The first kappa shape index (κ1) is 10.2. The number of carbonyl (C=O) groups excluding carboxylic acids is 1. The van der Waals surface area contributed by atoms with Gasteiger partial charge in [0.15, 0.2) is 0 Å². The van der Waals surface area contributed by atoms with Gasteiger partial charge in [0, 0.05) is 19.4 Å². The quantitative estimate of drug-likeness (QED) is 0.658. The van der Waals surface area contributed by atoms with Crippen LogP contribution in [0.3, 0.4) is 0 Å². The molecule has 0 fully saturated rings. The number of hydrogen-bond donors (Lipinski definition) is 3. The fourth-order valence-electron chi connectivity index (χ4n) is 1.30. The summed E-state index contributed by atoms with van der Waals surface area (Å²) in [4.78, 5) is 15.7. The summed E-state index contributed by atoms with van der Waals surface area (Å²) in [5.41, 5.74) is 5.86. The Morgan fingerprint density at radius 2 is 2.50 bits per heavy atom. The van der Waals surface area contributed by atoms with E-state index in [9.17, 15) is 4.79 Å². The number of aromatic amines is 1. The van der Waals surface area contributed by atoms with Gasteiger partial charge in [0.25, 0.3) is 5.91 Å². The van der Waals surface area contributed by atoms with E-state index in [4.69, 9.17) is 5.73 Å². The van der Waals surface area contributed by atoms with Gasteiger partial charge in [-0.15, -0.1) is 0 Å². The lowest BCUT2D eigenvalue weighted by Gasteiger charge is -2.04. The number of H-pyrrole nitrogens is 1. The van der Waals surface area contributed by atoms with E-state index in [-0.39, 0.29) is 11.7 Å². The molecule has 4 N–H and O–H groups in total. The van der Waals surface area contributed by atoms with Crippen molar-refractivity contribution in [3.8, 4) is 0 Å². The van der Waals surface area contributed by atoms with Gasteiger partial charge in [-0.05, 0) is 0 Å². The Hall–Kier alpha value is -2.31. The van der Waals surface area contributed by atoms with Crippen molar-refractivity contribution in [1.82, 2.24) is 25.1 Å². The minimum atomic E-state index is -0.269. The average molecular weight is 220 g/mol. The van der Waals surface area contributed by atoms with Gasteiger partial charge in [-0.1, -0.05) is 0 Å². The van der Waals surface area contributed by atoms with Crippen LogP contribution in [0, 0.1) is 0 Å². The highest BCUT2D eigenvalue weighted by Crippen LogP contribution is 2.05. The van der Waals surface area contributed by atoms with Gasteiger partial charge in [0.1, 0.15) is 17.2 Å². The van der Waals surface area contributed by atoms with Gasteiger partial charge in [-0.3, -0.25) is 9.89 Å². The number of aromatic nitrogens is 4. The number of anilines is 1. The maximum Gasteiger partial charge on any atom is 0.257 e. The van der Waals surface area contributed by atoms with Gasteiger partial charge in [-0.25, -0.2) is 4.98 Å². The van der Waals surface area contributed by atoms with Crippen molar-refractivity contribution in [2.45, 2.75) is 6.54 Å². The SMILES string of the molecule is Cn1ccnc1CNC(=O)c1cn[nH]c1N. The number of rotatable bonds is 3. The number of nitrogens with zero attached hydrogens (tertiary/aromatic N) is 3. The molecule has 84 valence electrons. The second-order valence-electron chi connectivity index (χ2n) is 3.33. The van der Waals surface area contributed by atoms with Crippen LogP contribution in [0.4, 0.5) is 5.82 Å². The van der Waals surface area contributed by atoms with E-state index in [1.807, 2.05) is 17.8 Å². The van der Waals surface area contributed by atoms with Crippen molar-refractivity contribution < 1.29 is 4.79 Å². The van der Waals surface area contributed by atoms with E-state index in [1.54, 1.807) is 6.20 Å². The molecule has 0 spiro atoms. The Morgan fingerprint density at radius 1 is 1.69 bits per heavy atom. The number of nitrogen functional groups attached to an aromatic ring is 1. The summed E-state index contributed by atoms with van der Waals surface area (Å²) in [6.07, 6.45) is 4.88. The van der Waals surface area contributed by atoms with Gasteiger partial charge < -0.3 is 15.6 Å². The van der Waals surface area contributed by atoms with Crippen molar-refractivity contribution in [2.24, 2.45) is 7.05 Å². The first-order valence-corrected chi connectivity index (χ1v) is 4.71. The van der Waals surface area contributed by atoms with Crippen LogP contribution in [-0.2, 0) is 13.6 Å². The first-order valence-electron chi connectivity index (χ1n) is 4.71. The third kappa shape index (κ3) is 1.88. The zero-order valence-electron chi connectivity index (χ0n) is 8.77. The summed E-state index contributed by atoms with van der Waals surface area (Å²) in [6, 6.07) is 0. The van der Waals surface area contributed by atoms with E-state index in [1.165, 1.54) is 6.20 Å². The van der Waals surface area contributed by atoms with Gasteiger partial charge in [0.2, 0.25) is 0 Å². The maximum absolute atomic E-state index is 11.6. The molecule has 2 aromatic heterocycles. The first-order chi connectivity index (χ1) is 7.68. The molecule has 0 aliphatic rings. The molecule has 16 heavy (non-hydrogen) atoms. The number of hydrogen-bond acceptors (Lipinski definition) is 4. The highest BCUT2D eigenvalue weighted by atomic mass is 16.1. The molecule has 0 saturated carbocycles. The van der Waals surface area contributed by atoms with Crippen LogP contribution >= 0.6 is 0 Å². The highest BCUT2D eigenvalue weighted by Gasteiger charge is 2.11. The summed E-state index contributed by atoms with van der Waals surface area (Å²) in [7, 11) is 1.86. The van der Waals surface area contributed by atoms with Crippen LogP contribution in [-0.4, -0.2) is 25.7 Å². The molecule has 7 heteroatoms. The molecule has 0 unspecified atom stereocenters. The van der Waals surface area contributed by atoms with Crippen LogP contribution in [0.15, 0.2) is 18.6 Å². The molecule has 2 rings (SSSR count). The molecule has 2 heterocycles. The zero-order valence-corrected chi connectivity index (χ0v) is 8.77. The third-order valence-electron chi connectivity index (χ3n) is 2.24. The minimum absolute atomic E-state index is 0.261. The van der Waals surface area contributed by atoms with E-state index < -0.39 is 0 Å². The Balaban J connectivity index is 1.99. The molecule has 0 atom stereocenters. The Kier molecular flexibility index (Phi) is 2.59. The molecule has 1 amide bonds. The lowest BCUT2D eigenvalue weighted by atomic mass is 10.3. The van der Waals surface area contributed by atoms with E-state index >= 15 is 0 Å². The predicted molar refractivity (Wildman–Crippen MR) is 57.4 cm³/mol. The van der Waals surface area contributed by atoms with Crippen molar-refractivity contribution in [1.29, 1.82) is 0 Å². The largest absolute Gasteiger partial charge is 0.383 e. The number of nitrogens with one attached hydrogen (secondary N) is 2. The lowest BCUT2D eigenvalue weighted by Crippen LogP contribution is -2.24. The fourth-order valence-corrected chi connectivity index (χ4v) is 1.30. The third-order valence-corrected chi connectivity index (χ3v) is 2.24. The molecule has 0 aliphatic carbocycles. The van der Waals surface area contributed by atoms with Crippen LogP contribution in [0.2, 0.25) is 0 Å². The number of carbonyl (C=O) groups is 1. The topological polar surface area (TPSA) is 102 Å². The van der Waals surface area contributed by atoms with Crippen molar-refractivity contribution in [3.05, 3.63) is 30.0 Å². The van der Waals surface area contributed by atoms with E-state index in [0.29, 0.717) is 12.1 Å². The number of aryl methyl sites for hydroxylation is 1. The Labute approximate surface area is 91.7 Å². The van der Waals surface area contributed by atoms with Gasteiger partial charge in [0.05, 0.1) is 12.7 Å². The molecule has 0 saturated heterocycles. The van der Waals surface area contributed by atoms with Gasteiger partial charge in [-0.2, -0.15) is 5.10 Å². The van der Waals surface area contributed by atoms with Crippen molar-refractivity contribution in [2.75, 3.05) is 5.73 Å². The second-order valence-corrected chi connectivity index (χ2v) is 3.33. The number of nitrogens with two attached hydrogens (primary N) is 1. The standard InChI is InChI=1S/C9H12N6O/c1-15-3-2-11-7(15)5-12-9(16)6-4-13-14-8(6)10/h2-4H,5H2,1H3,(H,12,16)(H3,10,13,14). The smallest absolute Gasteiger partial charge is 0.257 e. The molecule has 0 radical (unpaired) electrons. The normalized spacial score (nSPS) is 10.3. The summed E-state index contributed by atoms with van der Waals surface area (Å²) >= 11 is 0. The molecule has 0 aliphatic heterocycles. The van der Waals surface area contributed by atoms with Crippen LogP contribution in [0.1, 0.15) is 16.2 Å². The molecule has 0 aromatic carbocycles. The molecule has 0 bridgehead atoms. The van der Waals surface area contributed by atoms with Crippen LogP contribution < -0.4 is 11.1 Å². The number of imidazole rings is 1. The fraction of sp³-hybridized carbons (Fsp3) is 0.222. The monoisotopic (exact) mass is 220 g/mol. The lowest BCUT2D eigenvalue weighted by molar-refractivity contribution is 0.0950. The molecule has 2 aromatic rings. The minimum Gasteiger partial charge on any atom is -0.383 e.